The van der Waals surface area contributed by atoms with Crippen LogP contribution in [0.2, 0.25) is 0 Å². The topological polar surface area (TPSA) is 64.9 Å². The Balaban J connectivity index is 1.50. The first-order chi connectivity index (χ1) is 11.8. The Bertz CT molecular complexity index is 656. The molecule has 0 spiro atoms. The van der Waals surface area contributed by atoms with Gasteiger partial charge < -0.3 is 15.6 Å². The molecule has 0 saturated heterocycles. The van der Waals surface area contributed by atoms with E-state index in [1.54, 1.807) is 0 Å². The van der Waals surface area contributed by atoms with Crippen molar-refractivity contribution in [1.82, 2.24) is 5.43 Å². The van der Waals surface area contributed by atoms with Crippen LogP contribution in [0.3, 0.4) is 0 Å². The molecule has 25 heavy (non-hydrogen) atoms. The molecule has 0 amide bonds. The number of hydrazone groups is 1. The third-order valence-electron chi connectivity index (χ3n) is 9.58. The van der Waals surface area contributed by atoms with Crippen molar-refractivity contribution in [2.75, 3.05) is 0 Å². The van der Waals surface area contributed by atoms with Crippen LogP contribution in [-0.4, -0.2) is 34.2 Å². The van der Waals surface area contributed by atoms with Crippen LogP contribution in [0.25, 0.3) is 0 Å². The number of fused-ring (bicyclic) bond motifs is 7. The number of hydrogen-bond acceptors (Lipinski definition) is 4. The molecule has 1 heterocycles. The van der Waals surface area contributed by atoms with Gasteiger partial charge in [0.05, 0.1) is 24.0 Å². The molecule has 3 saturated carbocycles. The van der Waals surface area contributed by atoms with Crippen molar-refractivity contribution in [1.29, 1.82) is 0 Å². The quantitative estimate of drug-likeness (QED) is 0.633. The molecule has 0 radical (unpaired) electrons. The normalized spacial score (nSPS) is 59.3. The fraction of sp³-hybridized carbons (Fsp3) is 0.857. The summed E-state index contributed by atoms with van der Waals surface area (Å²) in [5.74, 6) is 2.45. The fourth-order valence-electron chi connectivity index (χ4n) is 7.76. The van der Waals surface area contributed by atoms with Crippen molar-refractivity contribution in [3.8, 4) is 0 Å². The van der Waals surface area contributed by atoms with Gasteiger partial charge in [-0.2, -0.15) is 5.10 Å². The zero-order chi connectivity index (χ0) is 17.6. The largest absolute Gasteiger partial charge is 0.390 e. The Morgan fingerprint density at radius 1 is 1.12 bits per heavy atom. The molecular weight excluding hydrogens is 312 g/mol. The summed E-state index contributed by atoms with van der Waals surface area (Å²) in [7, 11) is 0. The Hall–Kier alpha value is -0.870. The molecule has 4 heteroatoms. The van der Waals surface area contributed by atoms with Crippen LogP contribution in [0.15, 0.2) is 16.8 Å². The molecule has 4 aliphatic carbocycles. The van der Waals surface area contributed by atoms with Gasteiger partial charge in [-0.15, -0.1) is 0 Å². The van der Waals surface area contributed by atoms with Crippen molar-refractivity contribution >= 4 is 6.21 Å². The molecule has 3 N–H and O–H groups in total. The second-order valence-corrected chi connectivity index (χ2v) is 10.2. The molecule has 138 valence electrons. The fourth-order valence-corrected chi connectivity index (χ4v) is 7.76. The van der Waals surface area contributed by atoms with Gasteiger partial charge in [0.1, 0.15) is 0 Å². The van der Waals surface area contributed by atoms with Crippen molar-refractivity contribution in [3.05, 3.63) is 11.6 Å². The summed E-state index contributed by atoms with van der Waals surface area (Å²) in [6.45, 7) is 6.62. The third kappa shape index (κ3) is 1.83. The molecule has 0 aromatic rings. The predicted octanol–water partition coefficient (Wildman–Crippen LogP) is 2.85. The van der Waals surface area contributed by atoms with E-state index in [4.69, 9.17) is 0 Å². The smallest absolute Gasteiger partial charge is 0.0933 e. The molecule has 0 bridgehead atoms. The van der Waals surface area contributed by atoms with Gasteiger partial charge >= 0.3 is 0 Å². The van der Waals surface area contributed by atoms with Crippen LogP contribution in [0, 0.1) is 34.5 Å². The summed E-state index contributed by atoms with van der Waals surface area (Å²) in [5.41, 5.74) is 4.00. The highest BCUT2D eigenvalue weighted by Gasteiger charge is 2.66. The lowest BCUT2D eigenvalue weighted by atomic mass is 9.44. The SMILES string of the molecule is C[C@]12CC=C3C=NNC3[C@@H]1CC[C@@H]1[C@@H]2CC[C@@]2(C)[C@H]1C[C@H](O)[C@]2(C)O. The molecule has 5 aliphatic rings. The van der Waals surface area contributed by atoms with Crippen LogP contribution >= 0.6 is 0 Å². The van der Waals surface area contributed by atoms with Gasteiger partial charge in [0.15, 0.2) is 0 Å². The van der Waals surface area contributed by atoms with E-state index in [-0.39, 0.29) is 5.41 Å². The van der Waals surface area contributed by atoms with Crippen LogP contribution < -0.4 is 5.43 Å². The molecular formula is C21H32N2O2. The number of rotatable bonds is 0. The zero-order valence-electron chi connectivity index (χ0n) is 15.7. The Morgan fingerprint density at radius 2 is 1.92 bits per heavy atom. The lowest BCUT2D eigenvalue weighted by Gasteiger charge is -2.61. The lowest BCUT2D eigenvalue weighted by Crippen LogP contribution is -2.58. The van der Waals surface area contributed by atoms with Crippen LogP contribution in [0.5, 0.6) is 0 Å². The molecule has 3 fully saturated rings. The number of nitrogens with one attached hydrogen (secondary N) is 1. The van der Waals surface area contributed by atoms with E-state index in [0.717, 1.165) is 19.3 Å². The Kier molecular flexibility index (Phi) is 3.19. The second-order valence-electron chi connectivity index (χ2n) is 10.2. The molecule has 9 atom stereocenters. The lowest BCUT2D eigenvalue weighted by molar-refractivity contribution is -0.156. The zero-order valence-corrected chi connectivity index (χ0v) is 15.7. The van der Waals surface area contributed by atoms with Crippen LogP contribution in [0.4, 0.5) is 0 Å². The number of aliphatic hydroxyl groups excluding tert-OH is 1. The summed E-state index contributed by atoms with van der Waals surface area (Å²) in [4.78, 5) is 0. The maximum Gasteiger partial charge on any atom is 0.0933 e. The minimum Gasteiger partial charge on any atom is -0.390 e. The first kappa shape index (κ1) is 16.3. The van der Waals surface area contributed by atoms with E-state index in [1.807, 2.05) is 13.1 Å². The van der Waals surface area contributed by atoms with E-state index in [1.165, 1.54) is 24.8 Å². The molecule has 0 aromatic heterocycles. The molecule has 5 rings (SSSR count). The first-order valence-corrected chi connectivity index (χ1v) is 10.2. The molecule has 0 aromatic carbocycles. The summed E-state index contributed by atoms with van der Waals surface area (Å²) in [6.07, 6.45) is 10.5. The van der Waals surface area contributed by atoms with Gasteiger partial charge in [-0.25, -0.2) is 0 Å². The van der Waals surface area contributed by atoms with Crippen LogP contribution in [0.1, 0.15) is 59.3 Å². The van der Waals surface area contributed by atoms with Crippen molar-refractivity contribution < 1.29 is 10.2 Å². The average molecular weight is 344 g/mol. The summed E-state index contributed by atoms with van der Waals surface area (Å²) in [6, 6.07) is 0.408. The van der Waals surface area contributed by atoms with Crippen LogP contribution in [-0.2, 0) is 0 Å². The van der Waals surface area contributed by atoms with Gasteiger partial charge in [0.25, 0.3) is 0 Å². The molecule has 1 unspecified atom stereocenters. The van der Waals surface area contributed by atoms with Crippen molar-refractivity contribution in [2.24, 2.45) is 39.6 Å². The van der Waals surface area contributed by atoms with Gasteiger partial charge in [-0.3, -0.25) is 0 Å². The van der Waals surface area contributed by atoms with E-state index in [2.05, 4.69) is 30.5 Å². The van der Waals surface area contributed by atoms with Crippen molar-refractivity contribution in [3.63, 3.8) is 0 Å². The second kappa shape index (κ2) is 4.89. The Morgan fingerprint density at radius 3 is 2.72 bits per heavy atom. The minimum atomic E-state index is -0.944. The van der Waals surface area contributed by atoms with E-state index >= 15 is 0 Å². The Labute approximate surface area is 150 Å². The number of nitrogens with zero attached hydrogens (tertiary/aromatic N) is 1. The third-order valence-corrected chi connectivity index (χ3v) is 9.58. The van der Waals surface area contributed by atoms with E-state index in [0.29, 0.717) is 35.1 Å². The summed E-state index contributed by atoms with van der Waals surface area (Å²) >= 11 is 0. The number of hydrogen-bond donors (Lipinski definition) is 3. The van der Waals surface area contributed by atoms with Gasteiger partial charge in [0, 0.05) is 5.41 Å². The van der Waals surface area contributed by atoms with E-state index < -0.39 is 11.7 Å². The number of allylic oxidation sites excluding steroid dienone is 1. The van der Waals surface area contributed by atoms with Gasteiger partial charge in [-0.05, 0) is 80.1 Å². The first-order valence-electron chi connectivity index (χ1n) is 10.2. The highest BCUT2D eigenvalue weighted by molar-refractivity contribution is 5.82. The maximum absolute atomic E-state index is 11.0. The standard InChI is InChI=1S/C21H32N2O2/c1-19-8-6-12-11-22-23-18(12)15(19)5-4-13-14(19)7-9-20(2)16(13)10-17(24)21(20,3)25/h6,11,13-18,23-25H,4-5,7-10H2,1-3H3/t13-,14+,15+,16+,17+,18?,19-,20+,21+/m1/s1. The monoisotopic (exact) mass is 344 g/mol. The summed E-state index contributed by atoms with van der Waals surface area (Å²) < 4.78 is 0. The maximum atomic E-state index is 11.0. The highest BCUT2D eigenvalue weighted by Crippen LogP contribution is 2.68. The predicted molar refractivity (Wildman–Crippen MR) is 98.0 cm³/mol. The van der Waals surface area contributed by atoms with Gasteiger partial charge in [-0.1, -0.05) is 19.9 Å². The number of aliphatic hydroxyl groups is 2. The minimum absolute atomic E-state index is 0.138. The molecule has 4 nitrogen and oxygen atoms in total. The highest BCUT2D eigenvalue weighted by atomic mass is 16.3. The molecule has 1 aliphatic heterocycles. The van der Waals surface area contributed by atoms with Gasteiger partial charge in [0.2, 0.25) is 0 Å². The average Bonchev–Trinajstić information content (AvgIpc) is 3.10. The summed E-state index contributed by atoms with van der Waals surface area (Å²) in [5, 5.41) is 26.0. The van der Waals surface area contributed by atoms with E-state index in [9.17, 15) is 10.2 Å². The van der Waals surface area contributed by atoms with Crippen molar-refractivity contribution in [2.45, 2.75) is 77.0 Å².